The number of benzene rings is 1. The number of anilines is 1. The van der Waals surface area contributed by atoms with Crippen molar-refractivity contribution in [3.05, 3.63) is 39.3 Å². The Kier molecular flexibility index (Phi) is 6.86. The van der Waals surface area contributed by atoms with Gasteiger partial charge in [-0.2, -0.15) is 0 Å². The third kappa shape index (κ3) is 6.01. The molecule has 1 heterocycles. The zero-order chi connectivity index (χ0) is 17.5. The van der Waals surface area contributed by atoms with E-state index in [2.05, 4.69) is 36.8 Å². The lowest BCUT2D eigenvalue weighted by Gasteiger charge is -2.04. The van der Waals surface area contributed by atoms with E-state index in [0.717, 1.165) is 9.48 Å². The van der Waals surface area contributed by atoms with Crippen molar-refractivity contribution in [2.75, 3.05) is 11.9 Å². The van der Waals surface area contributed by atoms with Crippen LogP contribution in [0.4, 0.5) is 5.13 Å². The summed E-state index contributed by atoms with van der Waals surface area (Å²) in [6.07, 6.45) is 1.02. The summed E-state index contributed by atoms with van der Waals surface area (Å²) in [6, 6.07) is 7.21. The number of carbonyl (C=O) groups excluding carboxylic acids is 2. The van der Waals surface area contributed by atoms with Crippen molar-refractivity contribution in [3.63, 3.8) is 0 Å². The van der Waals surface area contributed by atoms with Gasteiger partial charge in [-0.05, 0) is 24.1 Å². The zero-order valence-electron chi connectivity index (χ0n) is 13.5. The number of nitrogens with one attached hydrogen (secondary N) is 2. The van der Waals surface area contributed by atoms with Crippen LogP contribution in [-0.4, -0.2) is 28.6 Å². The van der Waals surface area contributed by atoms with E-state index in [1.165, 1.54) is 11.3 Å². The molecule has 0 saturated carbocycles. The Morgan fingerprint density at radius 2 is 2.08 bits per heavy atom. The van der Waals surface area contributed by atoms with Crippen LogP contribution >= 0.6 is 27.3 Å². The van der Waals surface area contributed by atoms with Crippen molar-refractivity contribution in [1.29, 1.82) is 0 Å². The number of carbonyl (C=O) groups is 2. The normalized spacial score (nSPS) is 10.7. The smallest absolute Gasteiger partial charge is 0.251 e. The second-order valence-electron chi connectivity index (χ2n) is 5.66. The molecule has 2 amide bonds. The van der Waals surface area contributed by atoms with Gasteiger partial charge in [0.2, 0.25) is 11.0 Å². The molecule has 0 unspecified atom stereocenters. The Balaban J connectivity index is 1.79. The van der Waals surface area contributed by atoms with Crippen LogP contribution in [0.2, 0.25) is 0 Å². The van der Waals surface area contributed by atoms with Crippen molar-refractivity contribution < 1.29 is 9.59 Å². The zero-order valence-corrected chi connectivity index (χ0v) is 15.9. The summed E-state index contributed by atoms with van der Waals surface area (Å²) in [5.41, 5.74) is 0.600. The van der Waals surface area contributed by atoms with E-state index in [0.29, 0.717) is 36.0 Å². The molecule has 0 radical (unpaired) electrons. The minimum atomic E-state index is -0.133. The predicted octanol–water partition coefficient (Wildman–Crippen LogP) is 3.26. The molecule has 0 aliphatic rings. The van der Waals surface area contributed by atoms with Gasteiger partial charge < -0.3 is 10.6 Å². The quantitative estimate of drug-likeness (QED) is 0.733. The van der Waals surface area contributed by atoms with E-state index in [1.54, 1.807) is 12.1 Å². The van der Waals surface area contributed by atoms with E-state index in [4.69, 9.17) is 0 Å². The maximum atomic E-state index is 12.0. The van der Waals surface area contributed by atoms with Crippen LogP contribution in [0.15, 0.2) is 28.7 Å². The molecule has 0 fully saturated rings. The predicted molar refractivity (Wildman–Crippen MR) is 98.2 cm³/mol. The summed E-state index contributed by atoms with van der Waals surface area (Å²) < 4.78 is 0.862. The maximum absolute atomic E-state index is 12.0. The van der Waals surface area contributed by atoms with Crippen LogP contribution in [0.3, 0.4) is 0 Å². The molecule has 0 saturated heterocycles. The third-order valence-electron chi connectivity index (χ3n) is 3.02. The highest BCUT2D eigenvalue weighted by atomic mass is 79.9. The Bertz CT molecular complexity index is 718. The van der Waals surface area contributed by atoms with Crippen LogP contribution in [-0.2, 0) is 11.2 Å². The first kappa shape index (κ1) is 18.5. The third-order valence-corrected chi connectivity index (χ3v) is 4.41. The van der Waals surface area contributed by atoms with Crippen molar-refractivity contribution in [1.82, 2.24) is 15.5 Å². The first-order valence-corrected chi connectivity index (χ1v) is 9.21. The Morgan fingerprint density at radius 1 is 1.29 bits per heavy atom. The topological polar surface area (TPSA) is 84.0 Å². The number of amides is 2. The van der Waals surface area contributed by atoms with Crippen LogP contribution in [0.25, 0.3) is 0 Å². The number of aromatic nitrogens is 2. The van der Waals surface area contributed by atoms with Gasteiger partial charge >= 0.3 is 0 Å². The Hall–Kier alpha value is -1.80. The van der Waals surface area contributed by atoms with Gasteiger partial charge in [0.05, 0.1) is 0 Å². The summed E-state index contributed by atoms with van der Waals surface area (Å²) >= 11 is 4.67. The van der Waals surface area contributed by atoms with Crippen molar-refractivity contribution in [2.24, 2.45) is 5.92 Å². The molecule has 0 aliphatic heterocycles. The molecule has 0 atom stereocenters. The van der Waals surface area contributed by atoms with Gasteiger partial charge in [-0.25, -0.2) is 0 Å². The van der Waals surface area contributed by atoms with Crippen LogP contribution < -0.4 is 10.6 Å². The molecular formula is C16H19BrN4O2S. The Morgan fingerprint density at radius 3 is 2.79 bits per heavy atom. The molecule has 8 heteroatoms. The second-order valence-corrected chi connectivity index (χ2v) is 7.64. The number of rotatable bonds is 7. The van der Waals surface area contributed by atoms with Gasteiger partial charge in [-0.3, -0.25) is 9.59 Å². The van der Waals surface area contributed by atoms with Gasteiger partial charge in [0, 0.05) is 29.4 Å². The first-order valence-electron chi connectivity index (χ1n) is 7.60. The lowest BCUT2D eigenvalue weighted by Crippen LogP contribution is -2.25. The number of nitrogens with zero attached hydrogens (tertiary/aromatic N) is 2. The lowest BCUT2D eigenvalue weighted by molar-refractivity contribution is -0.116. The number of hydrogen-bond acceptors (Lipinski definition) is 5. The van der Waals surface area contributed by atoms with E-state index in [-0.39, 0.29) is 11.8 Å². The van der Waals surface area contributed by atoms with E-state index >= 15 is 0 Å². The van der Waals surface area contributed by atoms with Crippen molar-refractivity contribution in [3.8, 4) is 0 Å². The van der Waals surface area contributed by atoms with Crippen molar-refractivity contribution >= 4 is 44.2 Å². The van der Waals surface area contributed by atoms with Gasteiger partial charge in [0.1, 0.15) is 5.01 Å². The summed E-state index contributed by atoms with van der Waals surface area (Å²) in [5.74, 6) is 0.104. The summed E-state index contributed by atoms with van der Waals surface area (Å²) in [6.45, 7) is 4.43. The fourth-order valence-electron chi connectivity index (χ4n) is 1.96. The molecule has 0 bridgehead atoms. The minimum Gasteiger partial charge on any atom is -0.352 e. The van der Waals surface area contributed by atoms with Gasteiger partial charge in [-0.15, -0.1) is 10.2 Å². The molecule has 0 spiro atoms. The average Bonchev–Trinajstić information content (AvgIpc) is 2.93. The molecule has 2 N–H and O–H groups in total. The lowest BCUT2D eigenvalue weighted by atomic mass is 10.1. The first-order chi connectivity index (χ1) is 11.4. The average molecular weight is 411 g/mol. The fourth-order valence-corrected chi connectivity index (χ4v) is 3.12. The van der Waals surface area contributed by atoms with E-state index in [1.807, 2.05) is 26.0 Å². The highest BCUT2D eigenvalue weighted by Crippen LogP contribution is 2.16. The Labute approximate surface area is 153 Å². The molecular weight excluding hydrogens is 392 g/mol. The summed E-state index contributed by atoms with van der Waals surface area (Å²) in [4.78, 5) is 23.7. The highest BCUT2D eigenvalue weighted by molar-refractivity contribution is 9.10. The van der Waals surface area contributed by atoms with Crippen molar-refractivity contribution in [2.45, 2.75) is 26.7 Å². The molecule has 2 aromatic rings. The maximum Gasteiger partial charge on any atom is 0.251 e. The molecule has 1 aromatic heterocycles. The SMILES string of the molecule is CC(C)CC(=O)Nc1nnc(CCNC(=O)c2cccc(Br)c2)s1. The molecule has 1 aromatic carbocycles. The van der Waals surface area contributed by atoms with Crippen LogP contribution in [0.5, 0.6) is 0 Å². The number of halogens is 1. The summed E-state index contributed by atoms with van der Waals surface area (Å²) in [7, 11) is 0. The summed E-state index contributed by atoms with van der Waals surface area (Å²) in [5, 5.41) is 14.8. The molecule has 2 rings (SSSR count). The van der Waals surface area contributed by atoms with Crippen LogP contribution in [0, 0.1) is 5.92 Å². The van der Waals surface area contributed by atoms with Gasteiger partial charge in [0.15, 0.2) is 0 Å². The largest absolute Gasteiger partial charge is 0.352 e. The monoisotopic (exact) mass is 410 g/mol. The molecule has 6 nitrogen and oxygen atoms in total. The van der Waals surface area contributed by atoms with Gasteiger partial charge in [-0.1, -0.05) is 47.2 Å². The fraction of sp³-hybridized carbons (Fsp3) is 0.375. The van der Waals surface area contributed by atoms with Crippen LogP contribution in [0.1, 0.15) is 35.6 Å². The van der Waals surface area contributed by atoms with E-state index < -0.39 is 0 Å². The molecule has 128 valence electrons. The standard InChI is InChI=1S/C16H19BrN4O2S/c1-10(2)8-13(22)19-16-21-20-14(24-16)6-7-18-15(23)11-4-3-5-12(17)9-11/h3-5,9-10H,6-8H2,1-2H3,(H,18,23)(H,19,21,22). The molecule has 0 aliphatic carbocycles. The van der Waals surface area contributed by atoms with Gasteiger partial charge in [0.25, 0.3) is 5.91 Å². The highest BCUT2D eigenvalue weighted by Gasteiger charge is 2.10. The molecule has 24 heavy (non-hydrogen) atoms. The second kappa shape index (κ2) is 8.89. The number of hydrogen-bond donors (Lipinski definition) is 2. The van der Waals surface area contributed by atoms with E-state index in [9.17, 15) is 9.59 Å². The minimum absolute atomic E-state index is 0.0596.